The van der Waals surface area contributed by atoms with Crippen molar-refractivity contribution in [2.24, 2.45) is 0 Å². The van der Waals surface area contributed by atoms with Gasteiger partial charge in [-0.1, -0.05) is 30.3 Å². The molecule has 0 atom stereocenters. The number of likely N-dealkylation sites (tertiary alicyclic amines) is 1. The van der Waals surface area contributed by atoms with Gasteiger partial charge in [0.25, 0.3) is 0 Å². The monoisotopic (exact) mass is 377 g/mol. The van der Waals surface area contributed by atoms with Gasteiger partial charge in [0, 0.05) is 35.6 Å². The Bertz CT molecular complexity index is 917. The minimum absolute atomic E-state index is 0.547. The number of aromatic nitrogens is 2. The normalized spacial score (nSPS) is 17.7. The van der Waals surface area contributed by atoms with Crippen molar-refractivity contribution in [1.29, 1.82) is 0 Å². The van der Waals surface area contributed by atoms with Crippen LogP contribution in [-0.4, -0.2) is 34.3 Å². The molecule has 2 aliphatic rings. The molecule has 5 rings (SSSR count). The third kappa shape index (κ3) is 3.26. The lowest BCUT2D eigenvalue weighted by atomic mass is 9.94. The number of piperidine rings is 1. The molecule has 2 aromatic heterocycles. The predicted octanol–water partition coefficient (Wildman–Crippen LogP) is 4.90. The summed E-state index contributed by atoms with van der Waals surface area (Å²) in [4.78, 5) is 4.17. The Labute approximate surface area is 165 Å². The Morgan fingerprint density at radius 3 is 2.70 bits per heavy atom. The molecule has 0 N–H and O–H groups in total. The summed E-state index contributed by atoms with van der Waals surface area (Å²) in [6, 6.07) is 13.7. The molecule has 1 fully saturated rings. The highest BCUT2D eigenvalue weighted by Gasteiger charge is 2.29. The zero-order chi connectivity index (χ0) is 18.2. The van der Waals surface area contributed by atoms with Crippen molar-refractivity contribution in [2.45, 2.75) is 45.1 Å². The van der Waals surface area contributed by atoms with Crippen molar-refractivity contribution >= 4 is 11.3 Å². The number of aryl methyl sites for hydroxylation is 2. The topological polar surface area (TPSA) is 21.1 Å². The molecule has 3 nitrogen and oxygen atoms in total. The Morgan fingerprint density at radius 1 is 1.07 bits per heavy atom. The van der Waals surface area contributed by atoms with Gasteiger partial charge in [-0.3, -0.25) is 4.68 Å². The molecule has 0 spiro atoms. The van der Waals surface area contributed by atoms with E-state index in [4.69, 9.17) is 5.10 Å². The second-order valence-corrected chi connectivity index (χ2v) is 8.92. The lowest BCUT2D eigenvalue weighted by molar-refractivity contribution is 0.182. The first-order valence-corrected chi connectivity index (χ1v) is 11.1. The molecule has 1 aromatic carbocycles. The molecular formula is C23H27N3S. The summed E-state index contributed by atoms with van der Waals surface area (Å²) >= 11 is 1.91. The van der Waals surface area contributed by atoms with Gasteiger partial charge in [0.05, 0.1) is 17.4 Å². The van der Waals surface area contributed by atoms with E-state index in [2.05, 4.69) is 58.3 Å². The molecule has 1 aliphatic heterocycles. The van der Waals surface area contributed by atoms with Crippen LogP contribution < -0.4 is 0 Å². The number of thiophene rings is 1. The van der Waals surface area contributed by atoms with E-state index in [-0.39, 0.29) is 0 Å². The van der Waals surface area contributed by atoms with E-state index in [1.54, 1.807) is 4.88 Å². The van der Waals surface area contributed by atoms with Gasteiger partial charge in [-0.2, -0.15) is 5.10 Å². The van der Waals surface area contributed by atoms with E-state index in [0.717, 1.165) is 12.8 Å². The summed E-state index contributed by atoms with van der Waals surface area (Å²) in [7, 11) is 0. The van der Waals surface area contributed by atoms with Crippen molar-refractivity contribution in [3.8, 4) is 11.3 Å². The molecule has 1 aliphatic carbocycles. The van der Waals surface area contributed by atoms with Gasteiger partial charge >= 0.3 is 0 Å². The van der Waals surface area contributed by atoms with E-state index in [1.165, 1.54) is 67.0 Å². The average Bonchev–Trinajstić information content (AvgIpc) is 3.32. The van der Waals surface area contributed by atoms with Gasteiger partial charge in [-0.25, -0.2) is 0 Å². The third-order valence-electron chi connectivity index (χ3n) is 6.27. The van der Waals surface area contributed by atoms with E-state index in [0.29, 0.717) is 6.04 Å². The Balaban J connectivity index is 1.28. The summed E-state index contributed by atoms with van der Waals surface area (Å²) in [6.45, 7) is 5.73. The van der Waals surface area contributed by atoms with Gasteiger partial charge in [-0.15, -0.1) is 11.3 Å². The molecule has 0 bridgehead atoms. The standard InChI is InChI=1S/C23H27N3S/c1-17-20-7-8-22-21(12-16-27-22)23(20)26(24-17)19-10-14-25(15-11-19)13-9-18-5-3-2-4-6-18/h2-6,12,16,19H,7-11,13-15H2,1H3. The van der Waals surface area contributed by atoms with E-state index in [9.17, 15) is 0 Å². The van der Waals surface area contributed by atoms with Crippen LogP contribution in [-0.2, 0) is 19.3 Å². The third-order valence-corrected chi connectivity index (χ3v) is 7.26. The number of hydrogen-bond donors (Lipinski definition) is 0. The Morgan fingerprint density at radius 2 is 1.89 bits per heavy atom. The molecule has 0 saturated carbocycles. The molecule has 140 valence electrons. The zero-order valence-electron chi connectivity index (χ0n) is 16.0. The fourth-order valence-electron chi connectivity index (χ4n) is 4.73. The van der Waals surface area contributed by atoms with Crippen LogP contribution in [0.1, 0.15) is 40.6 Å². The molecule has 3 aromatic rings. The zero-order valence-corrected chi connectivity index (χ0v) is 16.8. The highest BCUT2D eigenvalue weighted by Crippen LogP contribution is 2.40. The first kappa shape index (κ1) is 17.2. The molecule has 0 amide bonds. The summed E-state index contributed by atoms with van der Waals surface area (Å²) < 4.78 is 2.39. The van der Waals surface area contributed by atoms with Crippen LogP contribution >= 0.6 is 11.3 Å². The molecule has 0 radical (unpaired) electrons. The lowest BCUT2D eigenvalue weighted by Gasteiger charge is -2.33. The van der Waals surface area contributed by atoms with Gasteiger partial charge in [-0.05, 0) is 56.0 Å². The molecule has 3 heterocycles. The molecule has 27 heavy (non-hydrogen) atoms. The van der Waals surface area contributed by atoms with Crippen molar-refractivity contribution in [3.63, 3.8) is 0 Å². The van der Waals surface area contributed by atoms with Crippen molar-refractivity contribution in [1.82, 2.24) is 14.7 Å². The van der Waals surface area contributed by atoms with Crippen LogP contribution in [0.15, 0.2) is 41.8 Å². The smallest absolute Gasteiger partial charge is 0.0731 e. The maximum atomic E-state index is 5.02. The van der Waals surface area contributed by atoms with E-state index in [1.807, 2.05) is 11.3 Å². The fourth-order valence-corrected chi connectivity index (χ4v) is 5.61. The van der Waals surface area contributed by atoms with Gasteiger partial charge in [0.2, 0.25) is 0 Å². The largest absolute Gasteiger partial charge is 0.303 e. The van der Waals surface area contributed by atoms with E-state index < -0.39 is 0 Å². The minimum Gasteiger partial charge on any atom is -0.303 e. The number of fused-ring (bicyclic) bond motifs is 3. The summed E-state index contributed by atoms with van der Waals surface area (Å²) in [5.41, 5.74) is 7.06. The molecular weight excluding hydrogens is 350 g/mol. The summed E-state index contributed by atoms with van der Waals surface area (Å²) in [5.74, 6) is 0. The molecule has 1 saturated heterocycles. The lowest BCUT2D eigenvalue weighted by Crippen LogP contribution is -2.36. The number of hydrogen-bond acceptors (Lipinski definition) is 3. The van der Waals surface area contributed by atoms with E-state index >= 15 is 0 Å². The van der Waals surface area contributed by atoms with Gasteiger partial charge in [0.15, 0.2) is 0 Å². The van der Waals surface area contributed by atoms with Gasteiger partial charge in [0.1, 0.15) is 0 Å². The summed E-state index contributed by atoms with van der Waals surface area (Å²) in [6.07, 6.45) is 5.92. The summed E-state index contributed by atoms with van der Waals surface area (Å²) in [5, 5.41) is 7.26. The SMILES string of the molecule is Cc1nn(C2CCN(CCc3ccccc3)CC2)c2c1CCc1sccc1-2. The average molecular weight is 378 g/mol. The minimum atomic E-state index is 0.547. The van der Waals surface area contributed by atoms with Crippen LogP contribution in [0.2, 0.25) is 0 Å². The predicted molar refractivity (Wildman–Crippen MR) is 113 cm³/mol. The maximum absolute atomic E-state index is 5.02. The van der Waals surface area contributed by atoms with Crippen molar-refractivity contribution < 1.29 is 0 Å². The second-order valence-electron chi connectivity index (χ2n) is 7.92. The van der Waals surface area contributed by atoms with Crippen LogP contribution in [0.3, 0.4) is 0 Å². The molecule has 0 unspecified atom stereocenters. The quantitative estimate of drug-likeness (QED) is 0.645. The highest BCUT2D eigenvalue weighted by molar-refractivity contribution is 7.10. The van der Waals surface area contributed by atoms with Crippen LogP contribution in [0.4, 0.5) is 0 Å². The highest BCUT2D eigenvalue weighted by atomic mass is 32.1. The van der Waals surface area contributed by atoms with Crippen molar-refractivity contribution in [3.05, 3.63) is 63.5 Å². The Hall–Kier alpha value is -1.91. The van der Waals surface area contributed by atoms with Gasteiger partial charge < -0.3 is 4.90 Å². The number of rotatable bonds is 4. The second kappa shape index (κ2) is 7.25. The molecule has 4 heteroatoms. The van der Waals surface area contributed by atoms with Crippen LogP contribution in [0.25, 0.3) is 11.3 Å². The fraction of sp³-hybridized carbons (Fsp3) is 0.435. The van der Waals surface area contributed by atoms with Crippen LogP contribution in [0, 0.1) is 6.92 Å². The Kier molecular flexibility index (Phi) is 4.62. The van der Waals surface area contributed by atoms with Crippen LogP contribution in [0.5, 0.6) is 0 Å². The number of benzene rings is 1. The first-order chi connectivity index (χ1) is 13.3. The maximum Gasteiger partial charge on any atom is 0.0731 e. The van der Waals surface area contributed by atoms with Crippen molar-refractivity contribution in [2.75, 3.05) is 19.6 Å². The number of nitrogens with zero attached hydrogens (tertiary/aromatic N) is 3. The first-order valence-electron chi connectivity index (χ1n) is 10.2.